The fourth-order valence-corrected chi connectivity index (χ4v) is 3.10. The van der Waals surface area contributed by atoms with Gasteiger partial charge in [-0.2, -0.15) is 0 Å². The van der Waals surface area contributed by atoms with E-state index in [1.807, 2.05) is 47.3 Å². The van der Waals surface area contributed by atoms with Crippen molar-refractivity contribution in [2.75, 3.05) is 0 Å². The molecule has 1 aliphatic heterocycles. The summed E-state index contributed by atoms with van der Waals surface area (Å²) in [6, 6.07) is 20.4. The summed E-state index contributed by atoms with van der Waals surface area (Å²) < 4.78 is 14.3. The van der Waals surface area contributed by atoms with Crippen molar-refractivity contribution in [3.05, 3.63) is 83.7 Å². The monoisotopic (exact) mass is 335 g/mol. The Hall–Kier alpha value is -2.50. The van der Waals surface area contributed by atoms with Crippen molar-refractivity contribution in [1.29, 1.82) is 0 Å². The van der Waals surface area contributed by atoms with Crippen LogP contribution in [0.2, 0.25) is 0 Å². The molecule has 0 amide bonds. The summed E-state index contributed by atoms with van der Waals surface area (Å²) in [7, 11) is 0. The number of hydrogen-bond donors (Lipinski definition) is 0. The topological polar surface area (TPSA) is 49.2 Å². The molecule has 2 heterocycles. The molecule has 1 aliphatic rings. The van der Waals surface area contributed by atoms with Crippen LogP contribution in [0.4, 0.5) is 0 Å². The summed E-state index contributed by atoms with van der Waals surface area (Å²) in [5.74, 6) is 0. The molecule has 2 aromatic carbocycles. The maximum absolute atomic E-state index is 6.20. The molecule has 1 aromatic heterocycles. The van der Waals surface area contributed by atoms with Gasteiger partial charge in [0.2, 0.25) is 0 Å². The van der Waals surface area contributed by atoms with Crippen LogP contribution in [0, 0.1) is 0 Å². The van der Waals surface area contributed by atoms with Gasteiger partial charge in [0.15, 0.2) is 0 Å². The largest absolute Gasteiger partial charge is 0.370 e. The van der Waals surface area contributed by atoms with E-state index in [9.17, 15) is 0 Å². The Morgan fingerprint density at radius 3 is 2.08 bits per heavy atom. The van der Waals surface area contributed by atoms with E-state index < -0.39 is 0 Å². The minimum atomic E-state index is -0.0434. The van der Waals surface area contributed by atoms with Crippen LogP contribution in [0.15, 0.2) is 66.9 Å². The molecule has 0 radical (unpaired) electrons. The standard InChI is InChI=1S/C20H21N3O2/c1-3-7-16(8-4-1)14-24-19-11-18-12-21-22-23(18)13-20(19)25-15-17-9-5-2-6-10-17/h1-10,12,19-20H,11,13-15H2/t19-,20+/m0/s1. The van der Waals surface area contributed by atoms with E-state index in [0.29, 0.717) is 19.8 Å². The third-order valence-electron chi connectivity index (χ3n) is 4.49. The first kappa shape index (κ1) is 16.0. The van der Waals surface area contributed by atoms with Gasteiger partial charge in [-0.25, -0.2) is 4.68 Å². The summed E-state index contributed by atoms with van der Waals surface area (Å²) in [5.41, 5.74) is 3.42. The summed E-state index contributed by atoms with van der Waals surface area (Å²) in [6.45, 7) is 1.82. The molecule has 0 aliphatic carbocycles. The third kappa shape index (κ3) is 3.95. The Kier molecular flexibility index (Phi) is 4.86. The van der Waals surface area contributed by atoms with Crippen molar-refractivity contribution in [3.63, 3.8) is 0 Å². The van der Waals surface area contributed by atoms with E-state index in [1.54, 1.807) is 0 Å². The summed E-state index contributed by atoms with van der Waals surface area (Å²) in [6.07, 6.45) is 2.53. The highest BCUT2D eigenvalue weighted by Crippen LogP contribution is 2.21. The normalized spacial score (nSPS) is 19.5. The highest BCUT2D eigenvalue weighted by molar-refractivity contribution is 5.14. The summed E-state index contributed by atoms with van der Waals surface area (Å²) in [5, 5.41) is 8.16. The van der Waals surface area contributed by atoms with Crippen LogP contribution in [0.1, 0.15) is 16.8 Å². The molecule has 0 N–H and O–H groups in total. The number of benzene rings is 2. The molecule has 0 saturated heterocycles. The van der Waals surface area contributed by atoms with Gasteiger partial charge in [-0.1, -0.05) is 65.9 Å². The van der Waals surface area contributed by atoms with Crippen LogP contribution in [0.5, 0.6) is 0 Å². The van der Waals surface area contributed by atoms with Crippen LogP contribution >= 0.6 is 0 Å². The molecule has 3 aromatic rings. The maximum Gasteiger partial charge on any atom is 0.104 e. The predicted octanol–water partition coefficient (Wildman–Crippen LogP) is 3.01. The first-order valence-corrected chi connectivity index (χ1v) is 8.57. The minimum absolute atomic E-state index is 0.00471. The zero-order valence-electron chi connectivity index (χ0n) is 14.0. The summed E-state index contributed by atoms with van der Waals surface area (Å²) >= 11 is 0. The van der Waals surface area contributed by atoms with Crippen molar-refractivity contribution >= 4 is 0 Å². The van der Waals surface area contributed by atoms with Crippen LogP contribution < -0.4 is 0 Å². The Balaban J connectivity index is 1.44. The number of aromatic nitrogens is 3. The third-order valence-corrected chi connectivity index (χ3v) is 4.49. The molecule has 5 heteroatoms. The first-order valence-electron chi connectivity index (χ1n) is 8.57. The quantitative estimate of drug-likeness (QED) is 0.695. The SMILES string of the molecule is c1ccc(CO[C@H]2Cc3cnnn3C[C@H]2OCc2ccccc2)cc1. The lowest BCUT2D eigenvalue weighted by Gasteiger charge is -2.31. The second-order valence-electron chi connectivity index (χ2n) is 6.28. The van der Waals surface area contributed by atoms with Crippen molar-refractivity contribution in [2.45, 2.75) is 38.4 Å². The van der Waals surface area contributed by atoms with Gasteiger partial charge in [-0.15, -0.1) is 5.10 Å². The average molecular weight is 335 g/mol. The van der Waals surface area contributed by atoms with Gasteiger partial charge in [0.05, 0.1) is 37.8 Å². The van der Waals surface area contributed by atoms with E-state index in [2.05, 4.69) is 34.6 Å². The minimum Gasteiger partial charge on any atom is -0.370 e. The second-order valence-corrected chi connectivity index (χ2v) is 6.28. The predicted molar refractivity (Wildman–Crippen MR) is 93.8 cm³/mol. The van der Waals surface area contributed by atoms with Crippen molar-refractivity contribution in [3.8, 4) is 0 Å². The van der Waals surface area contributed by atoms with Gasteiger partial charge >= 0.3 is 0 Å². The molecule has 4 rings (SSSR count). The number of nitrogens with zero attached hydrogens (tertiary/aromatic N) is 3. The fraction of sp³-hybridized carbons (Fsp3) is 0.300. The molecular weight excluding hydrogens is 314 g/mol. The van der Waals surface area contributed by atoms with Crippen LogP contribution in [-0.2, 0) is 35.7 Å². The molecule has 0 fully saturated rings. The molecule has 5 nitrogen and oxygen atoms in total. The number of rotatable bonds is 6. The van der Waals surface area contributed by atoms with Gasteiger partial charge in [0.1, 0.15) is 6.10 Å². The highest BCUT2D eigenvalue weighted by Gasteiger charge is 2.31. The van der Waals surface area contributed by atoms with E-state index in [4.69, 9.17) is 9.47 Å². The molecule has 128 valence electrons. The van der Waals surface area contributed by atoms with Crippen LogP contribution in [-0.4, -0.2) is 27.2 Å². The first-order chi connectivity index (χ1) is 12.4. The van der Waals surface area contributed by atoms with Crippen LogP contribution in [0.25, 0.3) is 0 Å². The van der Waals surface area contributed by atoms with Crippen molar-refractivity contribution in [1.82, 2.24) is 15.0 Å². The Morgan fingerprint density at radius 1 is 0.840 bits per heavy atom. The van der Waals surface area contributed by atoms with Crippen LogP contribution in [0.3, 0.4) is 0 Å². The Morgan fingerprint density at radius 2 is 1.44 bits per heavy atom. The lowest BCUT2D eigenvalue weighted by Crippen LogP contribution is -2.41. The zero-order valence-corrected chi connectivity index (χ0v) is 14.0. The van der Waals surface area contributed by atoms with E-state index in [0.717, 1.165) is 17.7 Å². The molecule has 25 heavy (non-hydrogen) atoms. The maximum atomic E-state index is 6.20. The Labute approximate surface area is 147 Å². The van der Waals surface area contributed by atoms with E-state index in [-0.39, 0.29) is 12.2 Å². The lowest BCUT2D eigenvalue weighted by atomic mass is 10.0. The summed E-state index contributed by atoms with van der Waals surface area (Å²) in [4.78, 5) is 0. The highest BCUT2D eigenvalue weighted by atomic mass is 16.5. The smallest absolute Gasteiger partial charge is 0.104 e. The van der Waals surface area contributed by atoms with E-state index >= 15 is 0 Å². The molecule has 0 unspecified atom stereocenters. The fourth-order valence-electron chi connectivity index (χ4n) is 3.10. The molecule has 2 atom stereocenters. The second kappa shape index (κ2) is 7.59. The van der Waals surface area contributed by atoms with Gasteiger partial charge in [0, 0.05) is 6.42 Å². The molecule has 0 saturated carbocycles. The number of ether oxygens (including phenoxy) is 2. The van der Waals surface area contributed by atoms with Gasteiger partial charge in [-0.05, 0) is 11.1 Å². The van der Waals surface area contributed by atoms with Crippen molar-refractivity contribution in [2.24, 2.45) is 0 Å². The molecular formula is C20H21N3O2. The zero-order chi connectivity index (χ0) is 16.9. The number of fused-ring (bicyclic) bond motifs is 1. The molecule has 0 bridgehead atoms. The van der Waals surface area contributed by atoms with Gasteiger partial charge < -0.3 is 9.47 Å². The average Bonchev–Trinajstić information content (AvgIpc) is 3.13. The van der Waals surface area contributed by atoms with Gasteiger partial charge in [0.25, 0.3) is 0 Å². The molecule has 0 spiro atoms. The van der Waals surface area contributed by atoms with E-state index in [1.165, 1.54) is 5.56 Å². The van der Waals surface area contributed by atoms with Crippen molar-refractivity contribution < 1.29 is 9.47 Å². The van der Waals surface area contributed by atoms with Gasteiger partial charge in [-0.3, -0.25) is 0 Å². The lowest BCUT2D eigenvalue weighted by molar-refractivity contribution is -0.101. The number of hydrogen-bond acceptors (Lipinski definition) is 4. The Bertz CT molecular complexity index is 723.